The summed E-state index contributed by atoms with van der Waals surface area (Å²) in [6, 6.07) is 9.88. The fourth-order valence-corrected chi connectivity index (χ4v) is 3.16. The summed E-state index contributed by atoms with van der Waals surface area (Å²) in [5, 5.41) is 3.39. The molecule has 0 aliphatic rings. The van der Waals surface area contributed by atoms with Gasteiger partial charge in [0.05, 0.1) is 26.8 Å². The van der Waals surface area contributed by atoms with Gasteiger partial charge < -0.3 is 19.5 Å². The minimum atomic E-state index is -0.373. The molecule has 152 valence electrons. The van der Waals surface area contributed by atoms with Crippen molar-refractivity contribution in [2.75, 3.05) is 27.9 Å². The minimum Gasteiger partial charge on any atom is -0.496 e. The Morgan fingerprint density at radius 3 is 2.41 bits per heavy atom. The lowest BCUT2D eigenvalue weighted by Gasteiger charge is -2.12. The molecular weight excluding hydrogens is 375 g/mol. The second kappa shape index (κ2) is 8.77. The second-order valence-corrected chi connectivity index (χ2v) is 6.52. The van der Waals surface area contributed by atoms with E-state index in [1.807, 2.05) is 18.2 Å². The molecule has 29 heavy (non-hydrogen) atoms. The highest BCUT2D eigenvalue weighted by molar-refractivity contribution is 5.97. The topological polar surface area (TPSA) is 69.7 Å². The molecule has 7 heteroatoms. The van der Waals surface area contributed by atoms with E-state index in [-0.39, 0.29) is 17.4 Å². The maximum atomic E-state index is 13.7. The molecule has 1 N–H and O–H groups in total. The van der Waals surface area contributed by atoms with Crippen molar-refractivity contribution in [3.8, 4) is 17.2 Å². The van der Waals surface area contributed by atoms with E-state index in [1.165, 1.54) is 25.3 Å². The van der Waals surface area contributed by atoms with Crippen LogP contribution < -0.4 is 19.5 Å². The van der Waals surface area contributed by atoms with Crippen molar-refractivity contribution in [1.29, 1.82) is 0 Å². The van der Waals surface area contributed by atoms with Gasteiger partial charge in [0.15, 0.2) is 11.5 Å². The maximum absolute atomic E-state index is 13.7. The highest BCUT2D eigenvalue weighted by atomic mass is 19.1. The van der Waals surface area contributed by atoms with E-state index in [9.17, 15) is 9.18 Å². The van der Waals surface area contributed by atoms with Gasteiger partial charge in [-0.2, -0.15) is 0 Å². The largest absolute Gasteiger partial charge is 0.496 e. The average Bonchev–Trinajstić information content (AvgIpc) is 2.72. The van der Waals surface area contributed by atoms with Crippen LogP contribution in [-0.4, -0.2) is 38.8 Å². The molecule has 0 bridgehead atoms. The van der Waals surface area contributed by atoms with Gasteiger partial charge in [0.2, 0.25) is 0 Å². The molecule has 0 aliphatic carbocycles. The Hall–Kier alpha value is -3.35. The summed E-state index contributed by atoms with van der Waals surface area (Å²) in [5.74, 6) is 0.999. The van der Waals surface area contributed by atoms with E-state index < -0.39 is 0 Å². The first-order chi connectivity index (χ1) is 14.0. The summed E-state index contributed by atoms with van der Waals surface area (Å²) in [6.45, 7) is 2.16. The van der Waals surface area contributed by atoms with Crippen LogP contribution in [0.3, 0.4) is 0 Å². The first-order valence-electron chi connectivity index (χ1n) is 9.10. The summed E-state index contributed by atoms with van der Waals surface area (Å²) in [5.41, 5.74) is 2.39. The number of carbonyl (C=O) groups is 1. The zero-order valence-corrected chi connectivity index (χ0v) is 16.8. The van der Waals surface area contributed by atoms with Crippen LogP contribution in [-0.2, 0) is 6.42 Å². The van der Waals surface area contributed by atoms with E-state index in [0.717, 1.165) is 5.56 Å². The molecule has 0 unspecified atom stereocenters. The molecule has 1 amide bonds. The third-order valence-corrected chi connectivity index (χ3v) is 4.63. The number of amides is 1. The predicted octanol–water partition coefficient (Wildman–Crippen LogP) is 3.68. The Balaban J connectivity index is 1.75. The van der Waals surface area contributed by atoms with Crippen LogP contribution in [0.25, 0.3) is 10.9 Å². The Kier molecular flexibility index (Phi) is 6.16. The van der Waals surface area contributed by atoms with Crippen LogP contribution in [0.1, 0.15) is 21.6 Å². The van der Waals surface area contributed by atoms with Gasteiger partial charge in [-0.3, -0.25) is 4.79 Å². The Morgan fingerprint density at radius 1 is 1.00 bits per heavy atom. The van der Waals surface area contributed by atoms with Crippen LogP contribution in [0.15, 0.2) is 36.4 Å². The van der Waals surface area contributed by atoms with Crippen LogP contribution in [0, 0.1) is 12.7 Å². The van der Waals surface area contributed by atoms with Crippen LogP contribution in [0.4, 0.5) is 4.39 Å². The van der Waals surface area contributed by atoms with Gasteiger partial charge >= 0.3 is 0 Å². The number of ether oxygens (including phenoxy) is 3. The Bertz CT molecular complexity index is 1050. The molecule has 1 heterocycles. The number of benzene rings is 2. The molecule has 0 radical (unpaired) electrons. The van der Waals surface area contributed by atoms with E-state index in [2.05, 4.69) is 10.3 Å². The zero-order valence-electron chi connectivity index (χ0n) is 16.8. The number of hydrogen-bond donors (Lipinski definition) is 1. The van der Waals surface area contributed by atoms with Crippen LogP contribution in [0.5, 0.6) is 17.2 Å². The number of pyridine rings is 1. The first-order valence-corrected chi connectivity index (χ1v) is 9.10. The summed E-state index contributed by atoms with van der Waals surface area (Å²) in [7, 11) is 4.64. The fourth-order valence-electron chi connectivity index (χ4n) is 3.16. The third kappa shape index (κ3) is 4.39. The summed E-state index contributed by atoms with van der Waals surface area (Å²) in [4.78, 5) is 17.0. The number of fused-ring (bicyclic) bond motifs is 1. The second-order valence-electron chi connectivity index (χ2n) is 6.52. The number of methoxy groups -OCH3 is 3. The van der Waals surface area contributed by atoms with Crippen molar-refractivity contribution >= 4 is 16.8 Å². The van der Waals surface area contributed by atoms with Crippen molar-refractivity contribution in [3.05, 3.63) is 59.0 Å². The van der Waals surface area contributed by atoms with E-state index >= 15 is 0 Å². The molecule has 2 aromatic carbocycles. The van der Waals surface area contributed by atoms with Crippen LogP contribution in [0.2, 0.25) is 0 Å². The smallest absolute Gasteiger partial charge is 0.270 e. The highest BCUT2D eigenvalue weighted by Gasteiger charge is 2.15. The van der Waals surface area contributed by atoms with Gasteiger partial charge in [-0.1, -0.05) is 6.07 Å². The molecular formula is C22H23FN2O4. The highest BCUT2D eigenvalue weighted by Crippen LogP contribution is 2.29. The Morgan fingerprint density at radius 2 is 1.72 bits per heavy atom. The van der Waals surface area contributed by atoms with Crippen molar-refractivity contribution in [1.82, 2.24) is 10.3 Å². The van der Waals surface area contributed by atoms with Gasteiger partial charge in [-0.15, -0.1) is 0 Å². The van der Waals surface area contributed by atoms with Crippen molar-refractivity contribution in [3.63, 3.8) is 0 Å². The van der Waals surface area contributed by atoms with Gasteiger partial charge in [0.1, 0.15) is 17.3 Å². The van der Waals surface area contributed by atoms with Crippen molar-refractivity contribution in [2.45, 2.75) is 13.3 Å². The number of aryl methyl sites for hydroxylation is 1. The summed E-state index contributed by atoms with van der Waals surface area (Å²) in [6.07, 6.45) is 0.612. The van der Waals surface area contributed by atoms with E-state index in [0.29, 0.717) is 46.7 Å². The van der Waals surface area contributed by atoms with E-state index in [1.54, 1.807) is 21.1 Å². The first kappa shape index (κ1) is 20.4. The molecule has 3 aromatic rings. The Labute approximate surface area is 168 Å². The number of carbonyl (C=O) groups excluding carboxylic acids is 1. The fraction of sp³-hybridized carbons (Fsp3) is 0.273. The molecule has 0 fully saturated rings. The lowest BCUT2D eigenvalue weighted by molar-refractivity contribution is 0.0949. The van der Waals surface area contributed by atoms with Crippen LogP contribution >= 0.6 is 0 Å². The number of hydrogen-bond acceptors (Lipinski definition) is 5. The van der Waals surface area contributed by atoms with E-state index in [4.69, 9.17) is 14.2 Å². The molecule has 6 nitrogen and oxygen atoms in total. The molecule has 0 saturated heterocycles. The molecule has 0 aliphatic heterocycles. The number of aromatic nitrogens is 1. The lowest BCUT2D eigenvalue weighted by Crippen LogP contribution is -2.26. The van der Waals surface area contributed by atoms with Gasteiger partial charge in [-0.25, -0.2) is 9.37 Å². The summed E-state index contributed by atoms with van der Waals surface area (Å²) >= 11 is 0. The lowest BCUT2D eigenvalue weighted by atomic mass is 10.1. The average molecular weight is 398 g/mol. The summed E-state index contributed by atoms with van der Waals surface area (Å²) < 4.78 is 29.6. The quantitative estimate of drug-likeness (QED) is 0.658. The molecule has 3 rings (SSSR count). The number of rotatable bonds is 7. The van der Waals surface area contributed by atoms with Crippen molar-refractivity contribution in [2.24, 2.45) is 0 Å². The molecule has 0 spiro atoms. The number of nitrogens with one attached hydrogen (secondary N) is 1. The number of nitrogens with zero attached hydrogens (tertiary/aromatic N) is 1. The molecule has 0 atom stereocenters. The molecule has 0 saturated carbocycles. The number of halogens is 1. The SMILES string of the molecule is COc1ccc(CCNC(=O)c2cc(OC)c3cc(F)cc(C)c3n2)cc1OC. The third-order valence-electron chi connectivity index (χ3n) is 4.63. The monoisotopic (exact) mass is 398 g/mol. The molecule has 1 aromatic heterocycles. The van der Waals surface area contributed by atoms with Gasteiger partial charge in [0, 0.05) is 18.0 Å². The zero-order chi connectivity index (χ0) is 21.0. The van der Waals surface area contributed by atoms with Gasteiger partial charge in [0.25, 0.3) is 5.91 Å². The minimum absolute atomic E-state index is 0.219. The van der Waals surface area contributed by atoms with Gasteiger partial charge in [-0.05, 0) is 48.7 Å². The maximum Gasteiger partial charge on any atom is 0.270 e. The standard InChI is InChI=1S/C22H23FN2O4/c1-13-9-15(23)11-16-19(28-3)12-17(25-21(13)16)22(26)24-8-7-14-5-6-18(27-2)20(10-14)29-4/h5-6,9-12H,7-8H2,1-4H3,(H,24,26). The predicted molar refractivity (Wildman–Crippen MR) is 109 cm³/mol. The van der Waals surface area contributed by atoms with Crippen molar-refractivity contribution < 1.29 is 23.4 Å². The normalized spacial score (nSPS) is 10.7.